The number of amides is 1. The molecule has 0 N–H and O–H groups in total. The van der Waals surface area contributed by atoms with E-state index in [-0.39, 0.29) is 5.91 Å². The number of hydrogen-bond acceptors (Lipinski definition) is 4. The van der Waals surface area contributed by atoms with Gasteiger partial charge in [0, 0.05) is 43.2 Å². The molecule has 0 saturated carbocycles. The predicted octanol–water partition coefficient (Wildman–Crippen LogP) is 3.55. The molecule has 3 rings (SSSR count). The highest BCUT2D eigenvalue weighted by molar-refractivity contribution is 7.10. The molecular formula is C21H26N2O2S. The molecule has 0 spiro atoms. The van der Waals surface area contributed by atoms with Crippen LogP contribution in [0, 0.1) is 0 Å². The summed E-state index contributed by atoms with van der Waals surface area (Å²) in [6.07, 6.45) is 2.95. The van der Waals surface area contributed by atoms with E-state index in [1.807, 2.05) is 47.5 Å². The number of thiophene rings is 1. The maximum absolute atomic E-state index is 12.6. The second-order valence-corrected chi connectivity index (χ2v) is 7.52. The molecule has 1 aromatic carbocycles. The number of piperazine rings is 1. The van der Waals surface area contributed by atoms with Gasteiger partial charge in [-0.1, -0.05) is 24.3 Å². The fourth-order valence-electron chi connectivity index (χ4n) is 3.26. The van der Waals surface area contributed by atoms with Gasteiger partial charge in [-0.2, -0.15) is 0 Å². The third-order valence-electron chi connectivity index (χ3n) is 4.79. The zero-order valence-corrected chi connectivity index (χ0v) is 16.3. The average molecular weight is 371 g/mol. The Hall–Kier alpha value is -2.11. The van der Waals surface area contributed by atoms with Crippen molar-refractivity contribution in [1.82, 2.24) is 9.80 Å². The number of methoxy groups -OCH3 is 1. The molecule has 138 valence electrons. The third-order valence-corrected chi connectivity index (χ3v) is 5.61. The van der Waals surface area contributed by atoms with Crippen molar-refractivity contribution in [3.8, 4) is 5.75 Å². The van der Waals surface area contributed by atoms with Crippen LogP contribution in [0.15, 0.2) is 47.4 Å². The first-order valence-electron chi connectivity index (χ1n) is 9.02. The van der Waals surface area contributed by atoms with Crippen molar-refractivity contribution in [2.45, 2.75) is 13.3 Å². The van der Waals surface area contributed by atoms with E-state index >= 15 is 0 Å². The van der Waals surface area contributed by atoms with E-state index in [1.165, 1.54) is 5.56 Å². The molecule has 0 unspecified atom stereocenters. The fraction of sp³-hybridized carbons (Fsp3) is 0.381. The highest BCUT2D eigenvalue weighted by Gasteiger charge is 2.22. The standard InChI is InChI=1S/C21H26N2O2S/c1-17(16-19-7-5-15-26-19)21(24)23-13-11-22(12-14-23)10-9-18-6-3-4-8-20(18)25-2/h3-8,15-16H,9-14H2,1-2H3/b17-16+. The number of hydrogen-bond donors (Lipinski definition) is 0. The number of para-hydroxylation sites is 1. The van der Waals surface area contributed by atoms with Crippen LogP contribution in [-0.4, -0.2) is 55.5 Å². The Balaban J connectivity index is 1.49. The highest BCUT2D eigenvalue weighted by Crippen LogP contribution is 2.19. The van der Waals surface area contributed by atoms with Gasteiger partial charge in [-0.3, -0.25) is 9.69 Å². The summed E-state index contributed by atoms with van der Waals surface area (Å²) in [6, 6.07) is 12.2. The summed E-state index contributed by atoms with van der Waals surface area (Å²) in [5.74, 6) is 1.11. The summed E-state index contributed by atoms with van der Waals surface area (Å²) in [4.78, 5) is 18.1. The molecule has 0 atom stereocenters. The van der Waals surface area contributed by atoms with Crippen molar-refractivity contribution in [3.05, 3.63) is 57.8 Å². The molecule has 1 aromatic heterocycles. The molecule has 1 fully saturated rings. The predicted molar refractivity (Wildman–Crippen MR) is 108 cm³/mol. The fourth-order valence-corrected chi connectivity index (χ4v) is 3.98. The van der Waals surface area contributed by atoms with Gasteiger partial charge in [-0.05, 0) is 42.5 Å². The zero-order chi connectivity index (χ0) is 18.4. The smallest absolute Gasteiger partial charge is 0.249 e. The van der Waals surface area contributed by atoms with Gasteiger partial charge in [0.2, 0.25) is 5.91 Å². The monoisotopic (exact) mass is 370 g/mol. The maximum atomic E-state index is 12.6. The summed E-state index contributed by atoms with van der Waals surface area (Å²) in [7, 11) is 1.72. The summed E-state index contributed by atoms with van der Waals surface area (Å²) in [5.41, 5.74) is 2.05. The Kier molecular flexibility index (Phi) is 6.47. The van der Waals surface area contributed by atoms with E-state index < -0.39 is 0 Å². The average Bonchev–Trinajstić information content (AvgIpc) is 3.19. The molecule has 2 heterocycles. The normalized spacial score (nSPS) is 15.9. The molecule has 26 heavy (non-hydrogen) atoms. The van der Waals surface area contributed by atoms with Crippen LogP contribution < -0.4 is 4.74 Å². The molecular weight excluding hydrogens is 344 g/mol. The number of rotatable bonds is 6. The summed E-state index contributed by atoms with van der Waals surface area (Å²) in [5, 5.41) is 2.03. The zero-order valence-electron chi connectivity index (χ0n) is 15.5. The van der Waals surface area contributed by atoms with Crippen molar-refractivity contribution < 1.29 is 9.53 Å². The summed E-state index contributed by atoms with van der Waals surface area (Å²) < 4.78 is 5.43. The quantitative estimate of drug-likeness (QED) is 0.729. The van der Waals surface area contributed by atoms with E-state index in [9.17, 15) is 4.79 Å². The van der Waals surface area contributed by atoms with Gasteiger partial charge in [-0.25, -0.2) is 0 Å². The van der Waals surface area contributed by atoms with Crippen molar-refractivity contribution in [1.29, 1.82) is 0 Å². The van der Waals surface area contributed by atoms with E-state index in [1.54, 1.807) is 18.4 Å². The Morgan fingerprint density at radius 1 is 1.15 bits per heavy atom. The van der Waals surface area contributed by atoms with E-state index in [2.05, 4.69) is 17.0 Å². The lowest BCUT2D eigenvalue weighted by Gasteiger charge is -2.35. The number of nitrogens with zero attached hydrogens (tertiary/aromatic N) is 2. The number of carbonyl (C=O) groups is 1. The van der Waals surface area contributed by atoms with Crippen molar-refractivity contribution >= 4 is 23.3 Å². The Labute approximate surface area is 159 Å². The van der Waals surface area contributed by atoms with Gasteiger partial charge < -0.3 is 9.64 Å². The Bertz CT molecular complexity index is 747. The van der Waals surface area contributed by atoms with Crippen LogP contribution in [0.2, 0.25) is 0 Å². The Morgan fingerprint density at radius 2 is 1.92 bits per heavy atom. The second-order valence-electron chi connectivity index (χ2n) is 6.54. The van der Waals surface area contributed by atoms with Crippen LogP contribution in [0.25, 0.3) is 6.08 Å². The third kappa shape index (κ3) is 4.74. The maximum Gasteiger partial charge on any atom is 0.249 e. The van der Waals surface area contributed by atoms with Gasteiger partial charge in [0.15, 0.2) is 0 Å². The molecule has 2 aromatic rings. The first-order valence-corrected chi connectivity index (χ1v) is 9.90. The second kappa shape index (κ2) is 9.01. The van der Waals surface area contributed by atoms with E-state index in [0.717, 1.165) is 55.3 Å². The SMILES string of the molecule is COc1ccccc1CCN1CCN(C(=O)/C(C)=C/c2cccs2)CC1. The molecule has 1 aliphatic heterocycles. The minimum absolute atomic E-state index is 0.155. The van der Waals surface area contributed by atoms with Crippen LogP contribution >= 0.6 is 11.3 Å². The lowest BCUT2D eigenvalue weighted by atomic mass is 10.1. The van der Waals surface area contributed by atoms with Gasteiger partial charge in [0.05, 0.1) is 7.11 Å². The summed E-state index contributed by atoms with van der Waals surface area (Å²) >= 11 is 1.66. The molecule has 4 nitrogen and oxygen atoms in total. The molecule has 1 saturated heterocycles. The van der Waals surface area contributed by atoms with Crippen molar-refractivity contribution in [2.75, 3.05) is 39.8 Å². The van der Waals surface area contributed by atoms with Gasteiger partial charge in [0.25, 0.3) is 0 Å². The molecule has 0 aliphatic carbocycles. The van der Waals surface area contributed by atoms with Crippen LogP contribution in [-0.2, 0) is 11.2 Å². The van der Waals surface area contributed by atoms with Gasteiger partial charge in [-0.15, -0.1) is 11.3 Å². The van der Waals surface area contributed by atoms with Crippen LogP contribution in [0.1, 0.15) is 17.4 Å². The van der Waals surface area contributed by atoms with Gasteiger partial charge >= 0.3 is 0 Å². The lowest BCUT2D eigenvalue weighted by Crippen LogP contribution is -2.49. The van der Waals surface area contributed by atoms with E-state index in [0.29, 0.717) is 0 Å². The number of benzene rings is 1. The summed E-state index contributed by atoms with van der Waals surface area (Å²) in [6.45, 7) is 6.34. The minimum atomic E-state index is 0.155. The molecule has 1 aliphatic rings. The van der Waals surface area contributed by atoms with Crippen molar-refractivity contribution in [2.24, 2.45) is 0 Å². The minimum Gasteiger partial charge on any atom is -0.496 e. The molecule has 0 bridgehead atoms. The van der Waals surface area contributed by atoms with Crippen LogP contribution in [0.4, 0.5) is 0 Å². The highest BCUT2D eigenvalue weighted by atomic mass is 32.1. The first kappa shape index (κ1) is 18.7. The lowest BCUT2D eigenvalue weighted by molar-refractivity contribution is -0.128. The Morgan fingerprint density at radius 3 is 2.62 bits per heavy atom. The van der Waals surface area contributed by atoms with Crippen molar-refractivity contribution in [3.63, 3.8) is 0 Å². The number of ether oxygens (including phenoxy) is 1. The van der Waals surface area contributed by atoms with Crippen LogP contribution in [0.5, 0.6) is 5.75 Å². The molecule has 0 radical (unpaired) electrons. The topological polar surface area (TPSA) is 32.8 Å². The van der Waals surface area contributed by atoms with Crippen LogP contribution in [0.3, 0.4) is 0 Å². The largest absolute Gasteiger partial charge is 0.496 e. The van der Waals surface area contributed by atoms with Gasteiger partial charge in [0.1, 0.15) is 5.75 Å². The number of carbonyl (C=O) groups excluding carboxylic acids is 1. The first-order chi connectivity index (χ1) is 12.7. The molecule has 1 amide bonds. The van der Waals surface area contributed by atoms with E-state index in [4.69, 9.17) is 4.74 Å². The molecule has 5 heteroatoms.